The molecule has 3 rings (SSSR count). The second-order valence-electron chi connectivity index (χ2n) is 7.19. The van der Waals surface area contributed by atoms with Crippen LogP contribution in [0.15, 0.2) is 30.3 Å². The van der Waals surface area contributed by atoms with Crippen LogP contribution in [-0.2, 0) is 0 Å². The number of carbonyl (C=O) groups is 1. The number of aryl methyl sites for hydroxylation is 3. The number of amides is 1. The monoisotopic (exact) mass is 365 g/mol. The number of hydrogen-bond acceptors (Lipinski definition) is 3. The largest absolute Gasteiger partial charge is 0.350 e. The van der Waals surface area contributed by atoms with Crippen molar-refractivity contribution in [3.8, 4) is 5.69 Å². The minimum absolute atomic E-state index is 0.0838. The summed E-state index contributed by atoms with van der Waals surface area (Å²) < 4.78 is 3.84. The van der Waals surface area contributed by atoms with Crippen LogP contribution < -0.4 is 5.32 Å². The lowest BCUT2D eigenvalue weighted by Crippen LogP contribution is -2.30. The highest BCUT2D eigenvalue weighted by Crippen LogP contribution is 2.17. The lowest BCUT2D eigenvalue weighted by Gasteiger charge is -2.16. The number of aromatic nitrogens is 4. The van der Waals surface area contributed by atoms with E-state index in [9.17, 15) is 4.79 Å². The van der Waals surface area contributed by atoms with Crippen LogP contribution in [0.1, 0.15) is 51.7 Å². The third kappa shape index (κ3) is 3.79. The molecule has 6 nitrogen and oxygen atoms in total. The van der Waals surface area contributed by atoms with Gasteiger partial charge in [0.1, 0.15) is 0 Å². The molecule has 27 heavy (non-hydrogen) atoms. The Balaban J connectivity index is 1.72. The third-order valence-corrected chi connectivity index (χ3v) is 5.02. The molecule has 1 aromatic carbocycles. The molecule has 1 atom stereocenters. The quantitative estimate of drug-likeness (QED) is 0.751. The Kier molecular flexibility index (Phi) is 5.17. The summed E-state index contributed by atoms with van der Waals surface area (Å²) in [4.78, 5) is 12.6. The number of carbonyl (C=O) groups excluding carboxylic acids is 1. The van der Waals surface area contributed by atoms with Gasteiger partial charge in [-0.1, -0.05) is 6.07 Å². The van der Waals surface area contributed by atoms with Crippen LogP contribution in [0, 0.1) is 34.6 Å². The summed E-state index contributed by atoms with van der Waals surface area (Å²) in [6, 6.07) is 9.63. The van der Waals surface area contributed by atoms with Gasteiger partial charge in [-0.2, -0.15) is 10.2 Å². The Hall–Kier alpha value is -2.89. The normalized spacial score (nSPS) is 12.2. The Labute approximate surface area is 160 Å². The molecule has 1 N–H and O–H groups in total. The summed E-state index contributed by atoms with van der Waals surface area (Å²) in [7, 11) is 0. The van der Waals surface area contributed by atoms with Crippen molar-refractivity contribution in [1.82, 2.24) is 24.9 Å². The molecule has 0 unspecified atom stereocenters. The van der Waals surface area contributed by atoms with Crippen molar-refractivity contribution in [2.24, 2.45) is 0 Å². The first-order chi connectivity index (χ1) is 12.8. The molecule has 6 heteroatoms. The van der Waals surface area contributed by atoms with E-state index in [4.69, 9.17) is 0 Å². The van der Waals surface area contributed by atoms with Gasteiger partial charge in [-0.15, -0.1) is 0 Å². The molecule has 142 valence electrons. The predicted octanol–water partition coefficient (Wildman–Crippen LogP) is 3.60. The van der Waals surface area contributed by atoms with Gasteiger partial charge in [0.25, 0.3) is 5.91 Å². The van der Waals surface area contributed by atoms with Crippen molar-refractivity contribution >= 4 is 5.91 Å². The molecule has 0 saturated carbocycles. The van der Waals surface area contributed by atoms with Gasteiger partial charge in [0.15, 0.2) is 0 Å². The molecule has 0 aliphatic rings. The van der Waals surface area contributed by atoms with Gasteiger partial charge in [0.05, 0.1) is 23.1 Å². The fourth-order valence-corrected chi connectivity index (χ4v) is 3.27. The fourth-order valence-electron chi connectivity index (χ4n) is 3.27. The van der Waals surface area contributed by atoms with Crippen LogP contribution in [0.2, 0.25) is 0 Å². The number of rotatable bonds is 5. The molecule has 2 aromatic heterocycles. The maximum absolute atomic E-state index is 12.6. The Morgan fingerprint density at radius 1 is 1.11 bits per heavy atom. The highest BCUT2D eigenvalue weighted by molar-refractivity contribution is 5.94. The van der Waals surface area contributed by atoms with E-state index in [1.54, 1.807) is 0 Å². The molecule has 1 amide bonds. The minimum Gasteiger partial charge on any atom is -0.350 e. The van der Waals surface area contributed by atoms with E-state index in [2.05, 4.69) is 36.3 Å². The maximum Gasteiger partial charge on any atom is 0.251 e. The van der Waals surface area contributed by atoms with Crippen molar-refractivity contribution in [3.05, 3.63) is 64.2 Å². The summed E-state index contributed by atoms with van der Waals surface area (Å²) >= 11 is 0. The molecule has 0 aliphatic heterocycles. The molecule has 0 radical (unpaired) electrons. The van der Waals surface area contributed by atoms with E-state index < -0.39 is 0 Å². The standard InChI is InChI=1S/C21H27N5O/c1-13-10-14(2)26(23-13)20-9-7-8-19(11-20)21(27)22-12-15(3)25-18(6)16(4)17(5)24-25/h7-11,15H,12H2,1-6H3,(H,22,27)/t15-/m1/s1. The summed E-state index contributed by atoms with van der Waals surface area (Å²) in [6.45, 7) is 12.7. The van der Waals surface area contributed by atoms with Gasteiger partial charge in [0, 0.05) is 23.5 Å². The SMILES string of the molecule is Cc1cc(C)n(-c2cccc(C(=O)NC[C@@H](C)n3nc(C)c(C)c3C)c2)n1. The van der Waals surface area contributed by atoms with Crippen molar-refractivity contribution < 1.29 is 4.79 Å². The lowest BCUT2D eigenvalue weighted by atomic mass is 10.1. The van der Waals surface area contributed by atoms with Gasteiger partial charge in [-0.25, -0.2) is 4.68 Å². The third-order valence-electron chi connectivity index (χ3n) is 5.02. The first-order valence-corrected chi connectivity index (χ1v) is 9.22. The Morgan fingerprint density at radius 3 is 2.44 bits per heavy atom. The van der Waals surface area contributed by atoms with Crippen LogP contribution in [0.3, 0.4) is 0 Å². The van der Waals surface area contributed by atoms with Gasteiger partial charge in [0.2, 0.25) is 0 Å². The summed E-state index contributed by atoms with van der Waals surface area (Å²) in [6.07, 6.45) is 0. The minimum atomic E-state index is -0.0940. The van der Waals surface area contributed by atoms with Crippen molar-refractivity contribution in [2.45, 2.75) is 47.6 Å². The molecule has 0 fully saturated rings. The van der Waals surface area contributed by atoms with Crippen LogP contribution >= 0.6 is 0 Å². The Morgan fingerprint density at radius 2 is 1.85 bits per heavy atom. The van der Waals surface area contributed by atoms with Crippen LogP contribution in [0.4, 0.5) is 0 Å². The van der Waals surface area contributed by atoms with Crippen molar-refractivity contribution in [2.75, 3.05) is 6.54 Å². The average Bonchev–Trinajstić information content (AvgIpc) is 3.12. The van der Waals surface area contributed by atoms with Gasteiger partial charge in [-0.05, 0) is 71.4 Å². The van der Waals surface area contributed by atoms with E-state index in [-0.39, 0.29) is 11.9 Å². The lowest BCUT2D eigenvalue weighted by molar-refractivity contribution is 0.0947. The summed E-state index contributed by atoms with van der Waals surface area (Å²) in [5.41, 5.74) is 6.87. The zero-order valence-corrected chi connectivity index (χ0v) is 16.9. The van der Waals surface area contributed by atoms with E-state index in [1.807, 2.05) is 60.5 Å². The Bertz CT molecular complexity index is 983. The zero-order chi connectivity index (χ0) is 19.7. The van der Waals surface area contributed by atoms with E-state index in [1.165, 1.54) is 5.56 Å². The number of hydrogen-bond donors (Lipinski definition) is 1. The second-order valence-corrected chi connectivity index (χ2v) is 7.19. The molecule has 3 aromatic rings. The zero-order valence-electron chi connectivity index (χ0n) is 16.9. The van der Waals surface area contributed by atoms with Gasteiger partial charge in [-0.3, -0.25) is 9.48 Å². The predicted molar refractivity (Wildman–Crippen MR) is 107 cm³/mol. The first kappa shape index (κ1) is 18.9. The fraction of sp³-hybridized carbons (Fsp3) is 0.381. The molecule has 0 saturated heterocycles. The van der Waals surface area contributed by atoms with Crippen molar-refractivity contribution in [1.29, 1.82) is 0 Å². The number of benzene rings is 1. The highest BCUT2D eigenvalue weighted by atomic mass is 16.1. The number of nitrogens with one attached hydrogen (secondary N) is 1. The van der Waals surface area contributed by atoms with E-state index >= 15 is 0 Å². The molecule has 0 spiro atoms. The molecule has 0 aliphatic carbocycles. The molecular weight excluding hydrogens is 338 g/mol. The first-order valence-electron chi connectivity index (χ1n) is 9.22. The van der Waals surface area contributed by atoms with Crippen LogP contribution in [-0.4, -0.2) is 32.0 Å². The van der Waals surface area contributed by atoms with E-state index in [0.29, 0.717) is 12.1 Å². The van der Waals surface area contributed by atoms with Crippen LogP contribution in [0.5, 0.6) is 0 Å². The molecule has 0 bridgehead atoms. The maximum atomic E-state index is 12.6. The van der Waals surface area contributed by atoms with E-state index in [0.717, 1.165) is 28.5 Å². The topological polar surface area (TPSA) is 64.7 Å². The molecular formula is C21H27N5O. The van der Waals surface area contributed by atoms with Crippen molar-refractivity contribution in [3.63, 3.8) is 0 Å². The summed E-state index contributed by atoms with van der Waals surface area (Å²) in [5.74, 6) is -0.0940. The van der Waals surface area contributed by atoms with Crippen LogP contribution in [0.25, 0.3) is 5.69 Å². The molecule has 2 heterocycles. The van der Waals surface area contributed by atoms with Gasteiger partial charge >= 0.3 is 0 Å². The van der Waals surface area contributed by atoms with Gasteiger partial charge < -0.3 is 5.32 Å². The second kappa shape index (κ2) is 7.39. The highest BCUT2D eigenvalue weighted by Gasteiger charge is 2.15. The summed E-state index contributed by atoms with van der Waals surface area (Å²) in [5, 5.41) is 12.1. The average molecular weight is 365 g/mol. The number of nitrogens with zero attached hydrogens (tertiary/aromatic N) is 4. The smallest absolute Gasteiger partial charge is 0.251 e.